The zero-order valence-corrected chi connectivity index (χ0v) is 32.5. The highest BCUT2D eigenvalue weighted by Crippen LogP contribution is 2.28. The summed E-state index contributed by atoms with van der Waals surface area (Å²) in [5.41, 5.74) is 6.60. The minimum absolute atomic E-state index is 0.254. The van der Waals surface area contributed by atoms with Gasteiger partial charge in [0, 0.05) is 0 Å². The lowest BCUT2D eigenvalue weighted by molar-refractivity contribution is -0.135. The number of hydrogen-bond acceptors (Lipinski definition) is 7. The van der Waals surface area contributed by atoms with Crippen LogP contribution < -0.4 is 20.2 Å². The molecule has 2 heterocycles. The lowest BCUT2D eigenvalue weighted by Crippen LogP contribution is -2.41. The van der Waals surface area contributed by atoms with E-state index in [1.807, 2.05) is 49.4 Å². The molecule has 5 rings (SSSR count). The number of carbonyl (C=O) groups excluding carboxylic acids is 2. The van der Waals surface area contributed by atoms with E-state index >= 15 is 0 Å². The highest BCUT2D eigenvalue weighted by Gasteiger charge is 2.41. The minimum atomic E-state index is -0.943. The first-order valence-electron chi connectivity index (χ1n) is 20.1. The largest absolute Gasteiger partial charge is 0.497 e. The number of hydrazine groups is 1. The van der Waals surface area contributed by atoms with Gasteiger partial charge in [-0.25, -0.2) is 14.7 Å². The zero-order valence-electron chi connectivity index (χ0n) is 32.5. The predicted molar refractivity (Wildman–Crippen MR) is 216 cm³/mol. The van der Waals surface area contributed by atoms with Gasteiger partial charge in [0.1, 0.15) is 23.6 Å². The van der Waals surface area contributed by atoms with Crippen LogP contribution in [-0.4, -0.2) is 57.9 Å². The van der Waals surface area contributed by atoms with Crippen LogP contribution in [0.5, 0.6) is 11.5 Å². The SMILES string of the molecule is CCCCCCCCCCCCCCCCCCOc1ccccc1NC(=O)CN1NC(=Nc2ccc(OC)cc2)C(n2nnc3ccc(C)cc32)C1=O. The third-order valence-corrected chi connectivity index (χ3v) is 9.92. The summed E-state index contributed by atoms with van der Waals surface area (Å²) in [7, 11) is 1.60. The number of nitrogens with zero attached hydrogens (tertiary/aromatic N) is 5. The molecule has 54 heavy (non-hydrogen) atoms. The van der Waals surface area contributed by atoms with Crippen LogP contribution in [0.15, 0.2) is 71.7 Å². The summed E-state index contributed by atoms with van der Waals surface area (Å²) >= 11 is 0. The van der Waals surface area contributed by atoms with Crippen molar-refractivity contribution < 1.29 is 19.1 Å². The van der Waals surface area contributed by atoms with Gasteiger partial charge in [0.2, 0.25) is 5.91 Å². The number of unbranched alkanes of at least 4 members (excludes halogenated alkanes) is 15. The fraction of sp³-hybridized carbons (Fsp3) is 0.512. The van der Waals surface area contributed by atoms with Gasteiger partial charge in [-0.2, -0.15) is 0 Å². The summed E-state index contributed by atoms with van der Waals surface area (Å²) in [5, 5.41) is 12.8. The van der Waals surface area contributed by atoms with Crippen LogP contribution >= 0.6 is 0 Å². The van der Waals surface area contributed by atoms with Crippen molar-refractivity contribution in [2.45, 2.75) is 123 Å². The molecule has 11 nitrogen and oxygen atoms in total. The average molecular weight is 738 g/mol. The van der Waals surface area contributed by atoms with Crippen molar-refractivity contribution in [3.05, 3.63) is 72.3 Å². The van der Waals surface area contributed by atoms with Crippen molar-refractivity contribution in [2.75, 3.05) is 25.6 Å². The van der Waals surface area contributed by atoms with Crippen molar-refractivity contribution in [1.29, 1.82) is 0 Å². The number of para-hydroxylation sites is 2. The molecule has 1 aromatic heterocycles. The van der Waals surface area contributed by atoms with Gasteiger partial charge >= 0.3 is 0 Å². The molecule has 1 fully saturated rings. The molecule has 4 aromatic rings. The van der Waals surface area contributed by atoms with Crippen molar-refractivity contribution in [1.82, 2.24) is 25.4 Å². The van der Waals surface area contributed by atoms with Gasteiger partial charge in [-0.15, -0.1) is 5.10 Å². The molecule has 11 heteroatoms. The highest BCUT2D eigenvalue weighted by molar-refractivity contribution is 6.12. The van der Waals surface area contributed by atoms with E-state index in [0.29, 0.717) is 46.3 Å². The van der Waals surface area contributed by atoms with E-state index in [4.69, 9.17) is 14.5 Å². The number of amidine groups is 1. The topological polar surface area (TPSA) is 123 Å². The smallest absolute Gasteiger partial charge is 0.274 e. The fourth-order valence-electron chi connectivity index (χ4n) is 6.84. The second-order valence-corrected chi connectivity index (χ2v) is 14.4. The highest BCUT2D eigenvalue weighted by atomic mass is 16.5. The van der Waals surface area contributed by atoms with Crippen molar-refractivity contribution >= 4 is 40.1 Å². The number of aromatic nitrogens is 3. The van der Waals surface area contributed by atoms with Crippen LogP contribution in [0.3, 0.4) is 0 Å². The number of benzene rings is 3. The molecule has 1 atom stereocenters. The molecule has 2 amide bonds. The monoisotopic (exact) mass is 737 g/mol. The van der Waals surface area contributed by atoms with Crippen LogP contribution in [0.2, 0.25) is 0 Å². The summed E-state index contributed by atoms with van der Waals surface area (Å²) in [6.45, 7) is 4.57. The van der Waals surface area contributed by atoms with Crippen LogP contribution in [0.25, 0.3) is 11.0 Å². The summed E-state index contributed by atoms with van der Waals surface area (Å²) in [6.07, 6.45) is 21.1. The maximum atomic E-state index is 13.9. The van der Waals surface area contributed by atoms with Gasteiger partial charge in [0.15, 0.2) is 11.9 Å². The van der Waals surface area contributed by atoms with Crippen LogP contribution in [0.1, 0.15) is 121 Å². The Kier molecular flexibility index (Phi) is 16.2. The standard InChI is InChI=1S/C43H59N7O4/c1-4-5-6-7-8-9-10-11-12-13-14-15-16-17-18-21-30-54-39-23-20-19-22-37(39)45-40(51)32-49-43(52)41(50-38-31-33(2)24-29-36(38)46-48-50)42(47-49)44-34-25-27-35(53-3)28-26-34/h19-20,22-29,31,41H,4-18,21,30,32H2,1-3H3,(H,44,47)(H,45,51). The number of anilines is 1. The van der Waals surface area contributed by atoms with Crippen LogP contribution in [0.4, 0.5) is 11.4 Å². The molecular formula is C43H59N7O4. The molecule has 1 aliphatic heterocycles. The summed E-state index contributed by atoms with van der Waals surface area (Å²) < 4.78 is 12.9. The first-order chi connectivity index (χ1) is 26.5. The normalized spacial score (nSPS) is 14.9. The number of nitrogens with one attached hydrogen (secondary N) is 2. The lowest BCUT2D eigenvalue weighted by atomic mass is 10.0. The molecule has 2 N–H and O–H groups in total. The Labute approximate surface area is 320 Å². The molecule has 3 aromatic carbocycles. The molecule has 290 valence electrons. The Balaban J connectivity index is 1.07. The molecule has 1 saturated heterocycles. The second kappa shape index (κ2) is 21.7. The predicted octanol–water partition coefficient (Wildman–Crippen LogP) is 9.65. The average Bonchev–Trinajstić information content (AvgIpc) is 3.72. The van der Waals surface area contributed by atoms with E-state index < -0.39 is 6.04 Å². The Morgan fingerprint density at radius 3 is 2.11 bits per heavy atom. The summed E-state index contributed by atoms with van der Waals surface area (Å²) in [6, 6.07) is 19.4. The maximum absolute atomic E-state index is 13.9. The van der Waals surface area contributed by atoms with E-state index in [1.165, 1.54) is 94.9 Å². The molecule has 0 spiro atoms. The third kappa shape index (κ3) is 12.0. The maximum Gasteiger partial charge on any atom is 0.274 e. The van der Waals surface area contributed by atoms with Crippen LogP contribution in [-0.2, 0) is 9.59 Å². The fourth-order valence-corrected chi connectivity index (χ4v) is 6.84. The Bertz CT molecular complexity index is 1790. The quantitative estimate of drug-likeness (QED) is 0.0687. The molecule has 1 unspecified atom stereocenters. The number of methoxy groups -OCH3 is 1. The van der Waals surface area contributed by atoms with E-state index in [1.54, 1.807) is 36.1 Å². The number of hydrogen-bond donors (Lipinski definition) is 2. The van der Waals surface area contributed by atoms with Gasteiger partial charge in [0.25, 0.3) is 5.91 Å². The van der Waals surface area contributed by atoms with Gasteiger partial charge in [-0.05, 0) is 67.4 Å². The second-order valence-electron chi connectivity index (χ2n) is 14.4. The van der Waals surface area contributed by atoms with Gasteiger partial charge < -0.3 is 14.8 Å². The van der Waals surface area contributed by atoms with E-state index in [2.05, 4.69) is 28.0 Å². The zero-order chi connectivity index (χ0) is 38.0. The molecule has 0 aliphatic carbocycles. The number of rotatable bonds is 24. The molecule has 1 aliphatic rings. The van der Waals surface area contributed by atoms with Crippen molar-refractivity contribution in [3.8, 4) is 11.5 Å². The van der Waals surface area contributed by atoms with Gasteiger partial charge in [-0.3, -0.25) is 15.0 Å². The molecular weight excluding hydrogens is 679 g/mol. The van der Waals surface area contributed by atoms with Crippen molar-refractivity contribution in [2.24, 2.45) is 4.99 Å². The molecule has 0 saturated carbocycles. The lowest BCUT2D eigenvalue weighted by Gasteiger charge is -2.17. The van der Waals surface area contributed by atoms with E-state index in [0.717, 1.165) is 18.4 Å². The molecule has 0 radical (unpaired) electrons. The Hall–Kier alpha value is -4.93. The minimum Gasteiger partial charge on any atom is -0.497 e. The Morgan fingerprint density at radius 1 is 0.833 bits per heavy atom. The van der Waals surface area contributed by atoms with Crippen LogP contribution in [0, 0.1) is 6.92 Å². The summed E-state index contributed by atoms with van der Waals surface area (Å²) in [4.78, 5) is 32.1. The third-order valence-electron chi connectivity index (χ3n) is 9.92. The van der Waals surface area contributed by atoms with Gasteiger partial charge in [-0.1, -0.05) is 127 Å². The number of carbonyl (C=O) groups is 2. The number of fused-ring (bicyclic) bond motifs is 1. The molecule has 0 bridgehead atoms. The Morgan fingerprint density at radius 2 is 1.46 bits per heavy atom. The van der Waals surface area contributed by atoms with Gasteiger partial charge in [0.05, 0.1) is 30.6 Å². The first-order valence-corrected chi connectivity index (χ1v) is 20.1. The number of aryl methyl sites for hydroxylation is 1. The number of ether oxygens (including phenoxy) is 2. The summed E-state index contributed by atoms with van der Waals surface area (Å²) in [5.74, 6) is 0.874. The van der Waals surface area contributed by atoms with E-state index in [9.17, 15) is 9.59 Å². The number of aliphatic imine (C=N–C) groups is 1. The number of amides is 2. The van der Waals surface area contributed by atoms with Crippen molar-refractivity contribution in [3.63, 3.8) is 0 Å². The first kappa shape index (κ1) is 40.3. The van der Waals surface area contributed by atoms with E-state index in [-0.39, 0.29) is 18.4 Å².